The van der Waals surface area contributed by atoms with E-state index in [0.717, 1.165) is 73.6 Å². The number of hydrogen-bond donors (Lipinski definition) is 0. The lowest BCUT2D eigenvalue weighted by Crippen LogP contribution is -2.42. The fraction of sp³-hybridized carbons (Fsp3) is 0.250. The minimum absolute atomic E-state index is 0.316. The van der Waals surface area contributed by atoms with E-state index < -0.39 is 0 Å². The summed E-state index contributed by atoms with van der Waals surface area (Å²) in [6.45, 7) is 4.92. The fourth-order valence-corrected chi connectivity index (χ4v) is 8.84. The molecule has 0 radical (unpaired) electrons. The molecule has 1 aromatic heterocycles. The van der Waals surface area contributed by atoms with Crippen molar-refractivity contribution in [1.82, 2.24) is 9.97 Å². The average Bonchev–Trinajstić information content (AvgIpc) is 3.11. The molecule has 230 valence electrons. The quantitative estimate of drug-likeness (QED) is 0.195. The summed E-state index contributed by atoms with van der Waals surface area (Å²) in [4.78, 5) is 10.2. The Morgan fingerprint density at radius 2 is 1.15 bits per heavy atom. The molecule has 2 saturated carbocycles. The Balaban J connectivity index is 1.14. The Hall–Kier alpha value is -5.07. The van der Waals surface area contributed by atoms with Gasteiger partial charge < -0.3 is 0 Å². The monoisotopic (exact) mass is 609 g/mol. The number of benzene rings is 5. The van der Waals surface area contributed by atoms with Gasteiger partial charge >= 0.3 is 0 Å². The van der Waals surface area contributed by atoms with E-state index in [9.17, 15) is 5.26 Å². The van der Waals surface area contributed by atoms with Crippen LogP contribution in [0.3, 0.4) is 0 Å². The highest BCUT2D eigenvalue weighted by Gasteiger charge is 2.45. The molecule has 5 aromatic carbocycles. The van der Waals surface area contributed by atoms with Crippen LogP contribution in [0.15, 0.2) is 121 Å². The Labute approximate surface area is 278 Å². The van der Waals surface area contributed by atoms with Crippen LogP contribution in [0.5, 0.6) is 0 Å². The highest BCUT2D eigenvalue weighted by molar-refractivity contribution is 5.88. The minimum Gasteiger partial charge on any atom is -0.228 e. The first-order valence-corrected chi connectivity index (χ1v) is 17.0. The van der Waals surface area contributed by atoms with E-state index in [4.69, 9.17) is 9.97 Å². The number of nitrogens with zero attached hydrogens (tertiary/aromatic N) is 3. The van der Waals surface area contributed by atoms with Gasteiger partial charge in [-0.05, 0) is 107 Å². The van der Waals surface area contributed by atoms with Crippen LogP contribution in [0.1, 0.15) is 57.1 Å². The van der Waals surface area contributed by atoms with Gasteiger partial charge in [-0.1, -0.05) is 111 Å². The molecule has 2 aliphatic rings. The summed E-state index contributed by atoms with van der Waals surface area (Å²) in [5, 5.41) is 11.5. The number of nitriles is 1. The van der Waals surface area contributed by atoms with Crippen LogP contribution in [0, 0.1) is 29.1 Å². The lowest BCUT2D eigenvalue weighted by Gasteiger charge is -2.50. The number of fused-ring (bicyclic) bond motifs is 3. The zero-order valence-corrected chi connectivity index (χ0v) is 27.2. The van der Waals surface area contributed by atoms with Crippen molar-refractivity contribution in [1.29, 1.82) is 5.26 Å². The standard InChI is InChI=1S/C44H39N3/c1-29-20-32-21-30(2)26-44(25-29,27-32)40-18-16-35(17-19-40)42-24-41(46-43(47-42)36-6-4-3-5-7-36)34-12-10-33(11-13-34)38-15-14-37-22-31(28-45)8-9-39(37)23-38/h3-19,22-24,29-30,32H,20-21,25-27H2,1-2H3/t29-,30+,32?,44?. The Morgan fingerprint density at radius 1 is 0.574 bits per heavy atom. The molecular weight excluding hydrogens is 571 g/mol. The highest BCUT2D eigenvalue weighted by Crippen LogP contribution is 2.54. The van der Waals surface area contributed by atoms with E-state index in [-0.39, 0.29) is 0 Å². The summed E-state index contributed by atoms with van der Waals surface area (Å²) in [6, 6.07) is 44.9. The predicted molar refractivity (Wildman–Crippen MR) is 193 cm³/mol. The van der Waals surface area contributed by atoms with Gasteiger partial charge in [0.2, 0.25) is 0 Å². The van der Waals surface area contributed by atoms with Crippen LogP contribution in [0.2, 0.25) is 0 Å². The van der Waals surface area contributed by atoms with Gasteiger partial charge in [-0.25, -0.2) is 9.97 Å². The molecule has 3 heteroatoms. The molecular formula is C44H39N3. The molecule has 8 rings (SSSR count). The molecule has 47 heavy (non-hydrogen) atoms. The van der Waals surface area contributed by atoms with Crippen molar-refractivity contribution in [3.05, 3.63) is 132 Å². The molecule has 2 bridgehead atoms. The average molecular weight is 610 g/mol. The molecule has 6 aromatic rings. The molecule has 2 fully saturated rings. The highest BCUT2D eigenvalue weighted by atomic mass is 14.9. The molecule has 3 nitrogen and oxygen atoms in total. The zero-order valence-electron chi connectivity index (χ0n) is 27.2. The van der Waals surface area contributed by atoms with Crippen LogP contribution < -0.4 is 0 Å². The Morgan fingerprint density at radius 3 is 1.81 bits per heavy atom. The van der Waals surface area contributed by atoms with E-state index in [1.165, 1.54) is 37.7 Å². The Kier molecular flexibility index (Phi) is 7.45. The second-order valence-corrected chi connectivity index (χ2v) is 14.3. The van der Waals surface area contributed by atoms with Crippen LogP contribution in [-0.2, 0) is 5.41 Å². The van der Waals surface area contributed by atoms with Crippen LogP contribution in [-0.4, -0.2) is 9.97 Å². The summed E-state index contributed by atoms with van der Waals surface area (Å²) in [5.41, 5.74) is 9.85. The molecule has 0 amide bonds. The van der Waals surface area contributed by atoms with Gasteiger partial charge in [0.15, 0.2) is 5.82 Å². The SMILES string of the molecule is C[C@@H]1CC2C[C@H](C)CC(c3ccc(-c4cc(-c5ccc(-c6ccc7cc(C#N)ccc7c6)cc5)nc(-c5ccccc5)n4)cc3)(C2)C1. The van der Waals surface area contributed by atoms with Gasteiger partial charge in [-0.15, -0.1) is 0 Å². The predicted octanol–water partition coefficient (Wildman–Crippen LogP) is 11.3. The third-order valence-electron chi connectivity index (χ3n) is 10.7. The summed E-state index contributed by atoms with van der Waals surface area (Å²) in [6.07, 6.45) is 6.74. The minimum atomic E-state index is 0.316. The summed E-state index contributed by atoms with van der Waals surface area (Å²) in [7, 11) is 0. The molecule has 0 spiro atoms. The van der Waals surface area contributed by atoms with Crippen molar-refractivity contribution in [2.45, 2.75) is 51.4 Å². The van der Waals surface area contributed by atoms with Gasteiger partial charge in [0, 0.05) is 16.7 Å². The lowest BCUT2D eigenvalue weighted by molar-refractivity contribution is 0.0780. The van der Waals surface area contributed by atoms with E-state index in [1.54, 1.807) is 0 Å². The van der Waals surface area contributed by atoms with Crippen molar-refractivity contribution in [3.63, 3.8) is 0 Å². The number of rotatable bonds is 5. The van der Waals surface area contributed by atoms with E-state index in [1.807, 2.05) is 36.4 Å². The van der Waals surface area contributed by atoms with Crippen molar-refractivity contribution in [3.8, 4) is 51.1 Å². The van der Waals surface area contributed by atoms with Crippen molar-refractivity contribution in [2.24, 2.45) is 17.8 Å². The molecule has 0 saturated heterocycles. The number of aromatic nitrogens is 2. The third kappa shape index (κ3) is 5.74. The maximum absolute atomic E-state index is 9.26. The largest absolute Gasteiger partial charge is 0.228 e. The van der Waals surface area contributed by atoms with Gasteiger partial charge in [-0.3, -0.25) is 0 Å². The molecule has 0 N–H and O–H groups in total. The normalized spacial score (nSPS) is 22.1. The lowest BCUT2D eigenvalue weighted by atomic mass is 9.54. The topological polar surface area (TPSA) is 49.6 Å². The summed E-state index contributed by atoms with van der Waals surface area (Å²) >= 11 is 0. The first-order chi connectivity index (χ1) is 22.9. The second kappa shape index (κ2) is 11.9. The van der Waals surface area contributed by atoms with Gasteiger partial charge in [0.25, 0.3) is 0 Å². The third-order valence-corrected chi connectivity index (χ3v) is 10.7. The first-order valence-electron chi connectivity index (χ1n) is 17.0. The molecule has 1 heterocycles. The van der Waals surface area contributed by atoms with Crippen LogP contribution in [0.25, 0.3) is 55.8 Å². The van der Waals surface area contributed by atoms with Crippen LogP contribution >= 0.6 is 0 Å². The Bertz CT molecular complexity index is 2090. The van der Waals surface area contributed by atoms with E-state index in [2.05, 4.69) is 105 Å². The summed E-state index contributed by atoms with van der Waals surface area (Å²) in [5.74, 6) is 3.19. The van der Waals surface area contributed by atoms with Gasteiger partial charge in [0.05, 0.1) is 23.0 Å². The van der Waals surface area contributed by atoms with Gasteiger partial charge in [0.1, 0.15) is 0 Å². The zero-order chi connectivity index (χ0) is 32.0. The van der Waals surface area contributed by atoms with Gasteiger partial charge in [-0.2, -0.15) is 5.26 Å². The summed E-state index contributed by atoms with van der Waals surface area (Å²) < 4.78 is 0. The number of hydrogen-bond acceptors (Lipinski definition) is 3. The molecule has 4 atom stereocenters. The smallest absolute Gasteiger partial charge is 0.160 e. The van der Waals surface area contributed by atoms with Crippen molar-refractivity contribution >= 4 is 10.8 Å². The van der Waals surface area contributed by atoms with Crippen molar-refractivity contribution in [2.75, 3.05) is 0 Å². The van der Waals surface area contributed by atoms with Crippen LogP contribution in [0.4, 0.5) is 0 Å². The maximum atomic E-state index is 9.26. The van der Waals surface area contributed by atoms with E-state index >= 15 is 0 Å². The molecule has 2 unspecified atom stereocenters. The molecule has 0 aliphatic heterocycles. The fourth-order valence-electron chi connectivity index (χ4n) is 8.84. The second-order valence-electron chi connectivity index (χ2n) is 14.3. The first kappa shape index (κ1) is 29.3. The van der Waals surface area contributed by atoms with Crippen molar-refractivity contribution < 1.29 is 0 Å². The van der Waals surface area contributed by atoms with E-state index in [0.29, 0.717) is 11.0 Å². The molecule has 2 aliphatic carbocycles. The maximum Gasteiger partial charge on any atom is 0.160 e.